The molecule has 1 amide bonds. The predicted octanol–water partition coefficient (Wildman–Crippen LogP) is 4.07. The van der Waals surface area contributed by atoms with E-state index in [0.717, 1.165) is 17.7 Å². The first-order valence-corrected chi connectivity index (χ1v) is 8.40. The molecule has 0 fully saturated rings. The van der Waals surface area contributed by atoms with Crippen molar-refractivity contribution in [2.24, 2.45) is 5.73 Å². The maximum absolute atomic E-state index is 14.2. The smallest absolute Gasteiger partial charge is 0.254 e. The highest BCUT2D eigenvalue weighted by molar-refractivity contribution is 9.10. The van der Waals surface area contributed by atoms with Gasteiger partial charge in [0.2, 0.25) is 5.89 Å². The number of nitrogens with zero attached hydrogens (tertiary/aromatic N) is 1. The SMILES string of the molecule is COc1ccc(-c2nc(COc3ccc(F)c(C(N)=O)c3F)oc2Br)cc1. The molecule has 0 aliphatic heterocycles. The van der Waals surface area contributed by atoms with Crippen molar-refractivity contribution >= 4 is 21.8 Å². The molecule has 1 aromatic heterocycles. The lowest BCUT2D eigenvalue weighted by Gasteiger charge is -2.08. The number of hydrogen-bond donors (Lipinski definition) is 1. The van der Waals surface area contributed by atoms with E-state index >= 15 is 0 Å². The number of nitrogens with two attached hydrogens (primary N) is 1. The van der Waals surface area contributed by atoms with Crippen LogP contribution in [-0.2, 0) is 6.61 Å². The molecule has 140 valence electrons. The number of methoxy groups -OCH3 is 1. The maximum Gasteiger partial charge on any atom is 0.254 e. The quantitative estimate of drug-likeness (QED) is 0.626. The molecule has 2 N–H and O–H groups in total. The molecule has 0 saturated heterocycles. The Labute approximate surface area is 161 Å². The number of hydrogen-bond acceptors (Lipinski definition) is 5. The van der Waals surface area contributed by atoms with Gasteiger partial charge in [0.1, 0.15) is 22.8 Å². The van der Waals surface area contributed by atoms with Crippen molar-refractivity contribution < 1.29 is 27.5 Å². The van der Waals surface area contributed by atoms with Crippen LogP contribution < -0.4 is 15.2 Å². The van der Waals surface area contributed by atoms with Gasteiger partial charge in [-0.3, -0.25) is 4.79 Å². The average Bonchev–Trinajstić information content (AvgIpc) is 3.01. The number of benzene rings is 2. The molecule has 0 aliphatic rings. The van der Waals surface area contributed by atoms with Crippen molar-refractivity contribution in [1.82, 2.24) is 4.98 Å². The number of carbonyl (C=O) groups is 1. The van der Waals surface area contributed by atoms with E-state index in [1.807, 2.05) is 0 Å². The number of oxazole rings is 1. The van der Waals surface area contributed by atoms with Gasteiger partial charge in [0.05, 0.1) is 7.11 Å². The summed E-state index contributed by atoms with van der Waals surface area (Å²) in [7, 11) is 1.56. The first-order chi connectivity index (χ1) is 12.9. The Morgan fingerprint density at radius 3 is 2.56 bits per heavy atom. The molecular weight excluding hydrogens is 426 g/mol. The normalized spacial score (nSPS) is 10.7. The molecule has 0 atom stereocenters. The second-order valence-electron chi connectivity index (χ2n) is 5.35. The van der Waals surface area contributed by atoms with Crippen LogP contribution >= 0.6 is 15.9 Å². The number of amides is 1. The van der Waals surface area contributed by atoms with Crippen LogP contribution in [0.3, 0.4) is 0 Å². The van der Waals surface area contributed by atoms with E-state index < -0.39 is 23.1 Å². The molecule has 2 aromatic carbocycles. The monoisotopic (exact) mass is 438 g/mol. The van der Waals surface area contributed by atoms with Crippen LogP contribution in [0.5, 0.6) is 11.5 Å². The average molecular weight is 439 g/mol. The van der Waals surface area contributed by atoms with Crippen LogP contribution in [0, 0.1) is 11.6 Å². The number of rotatable bonds is 6. The predicted molar refractivity (Wildman–Crippen MR) is 95.4 cm³/mol. The highest BCUT2D eigenvalue weighted by Crippen LogP contribution is 2.30. The molecule has 1 heterocycles. The molecular formula is C18H13BrF2N2O4. The zero-order chi connectivity index (χ0) is 19.6. The van der Waals surface area contributed by atoms with E-state index in [-0.39, 0.29) is 18.2 Å². The Bertz CT molecular complexity index is 990. The van der Waals surface area contributed by atoms with Gasteiger partial charge in [0, 0.05) is 5.56 Å². The molecule has 0 unspecified atom stereocenters. The van der Waals surface area contributed by atoms with Gasteiger partial charge in [-0.2, -0.15) is 0 Å². The maximum atomic E-state index is 14.2. The Morgan fingerprint density at radius 2 is 1.93 bits per heavy atom. The molecule has 9 heteroatoms. The molecule has 3 aromatic rings. The standard InChI is InChI=1S/C18H13BrF2N2O4/c1-25-10-4-2-9(3-5-10)16-17(19)27-13(23-16)8-26-12-7-6-11(20)14(15(12)21)18(22)24/h2-7H,8H2,1H3,(H2,22,24). The minimum absolute atomic E-state index is 0.150. The van der Waals surface area contributed by atoms with Gasteiger partial charge in [0.25, 0.3) is 5.91 Å². The molecule has 0 bridgehead atoms. The molecule has 0 spiro atoms. The molecule has 0 radical (unpaired) electrons. The van der Waals surface area contributed by atoms with Gasteiger partial charge >= 0.3 is 0 Å². The van der Waals surface area contributed by atoms with Gasteiger partial charge < -0.3 is 19.6 Å². The van der Waals surface area contributed by atoms with Crippen molar-refractivity contribution in [2.45, 2.75) is 6.61 Å². The van der Waals surface area contributed by atoms with Crippen molar-refractivity contribution in [1.29, 1.82) is 0 Å². The summed E-state index contributed by atoms with van der Waals surface area (Å²) in [6.07, 6.45) is 0. The van der Waals surface area contributed by atoms with Gasteiger partial charge in [-0.15, -0.1) is 0 Å². The summed E-state index contributed by atoms with van der Waals surface area (Å²) in [4.78, 5) is 15.4. The Morgan fingerprint density at radius 1 is 1.22 bits per heavy atom. The summed E-state index contributed by atoms with van der Waals surface area (Å²) in [5.41, 5.74) is 5.41. The molecule has 3 rings (SSSR count). The van der Waals surface area contributed by atoms with E-state index in [1.54, 1.807) is 31.4 Å². The number of ether oxygens (including phenoxy) is 2. The summed E-state index contributed by atoms with van der Waals surface area (Å²) < 4.78 is 43.9. The topological polar surface area (TPSA) is 87.6 Å². The lowest BCUT2D eigenvalue weighted by Crippen LogP contribution is -2.16. The summed E-state index contributed by atoms with van der Waals surface area (Å²) in [6, 6.07) is 9.08. The number of primary amides is 1. The van der Waals surface area contributed by atoms with Crippen molar-refractivity contribution in [3.63, 3.8) is 0 Å². The molecule has 0 aliphatic carbocycles. The van der Waals surface area contributed by atoms with Crippen molar-refractivity contribution in [3.8, 4) is 22.8 Å². The van der Waals surface area contributed by atoms with Gasteiger partial charge in [0.15, 0.2) is 22.8 Å². The van der Waals surface area contributed by atoms with Crippen molar-refractivity contribution in [2.75, 3.05) is 7.11 Å². The highest BCUT2D eigenvalue weighted by atomic mass is 79.9. The number of aromatic nitrogens is 1. The van der Waals surface area contributed by atoms with Crippen molar-refractivity contribution in [3.05, 3.63) is 64.2 Å². The van der Waals surface area contributed by atoms with E-state index in [1.165, 1.54) is 0 Å². The lowest BCUT2D eigenvalue weighted by molar-refractivity contribution is 0.0991. The van der Waals surface area contributed by atoms with Gasteiger partial charge in [-0.05, 0) is 52.3 Å². The zero-order valence-electron chi connectivity index (χ0n) is 14.0. The third-order valence-electron chi connectivity index (χ3n) is 3.65. The van der Waals surface area contributed by atoms with Gasteiger partial charge in [-0.25, -0.2) is 13.8 Å². The first-order valence-electron chi connectivity index (χ1n) is 7.61. The van der Waals surface area contributed by atoms with Crippen LogP contribution in [0.25, 0.3) is 11.3 Å². The lowest BCUT2D eigenvalue weighted by atomic mass is 10.1. The molecule has 6 nitrogen and oxygen atoms in total. The van der Waals surface area contributed by atoms with E-state index in [2.05, 4.69) is 20.9 Å². The largest absolute Gasteiger partial charge is 0.497 e. The summed E-state index contributed by atoms with van der Waals surface area (Å²) in [5, 5.41) is 0. The van der Waals surface area contributed by atoms with Gasteiger partial charge in [-0.1, -0.05) is 0 Å². The molecule has 27 heavy (non-hydrogen) atoms. The Balaban J connectivity index is 1.80. The minimum atomic E-state index is -1.23. The van der Waals surface area contributed by atoms with Crippen LogP contribution in [0.1, 0.15) is 16.2 Å². The highest BCUT2D eigenvalue weighted by Gasteiger charge is 2.20. The van der Waals surface area contributed by atoms with Crippen LogP contribution in [-0.4, -0.2) is 18.0 Å². The van der Waals surface area contributed by atoms with E-state index in [4.69, 9.17) is 19.6 Å². The number of halogens is 3. The number of carbonyl (C=O) groups excluding carboxylic acids is 1. The Hall–Kier alpha value is -2.94. The first kappa shape index (κ1) is 18.8. The zero-order valence-corrected chi connectivity index (χ0v) is 15.5. The fraction of sp³-hybridized carbons (Fsp3) is 0.111. The van der Waals surface area contributed by atoms with E-state index in [9.17, 15) is 13.6 Å². The van der Waals surface area contributed by atoms with Crippen LogP contribution in [0.2, 0.25) is 0 Å². The van der Waals surface area contributed by atoms with Crippen LogP contribution in [0.15, 0.2) is 45.5 Å². The fourth-order valence-electron chi connectivity index (χ4n) is 2.34. The Kier molecular flexibility index (Phi) is 5.41. The van der Waals surface area contributed by atoms with Crippen LogP contribution in [0.4, 0.5) is 8.78 Å². The third kappa shape index (κ3) is 3.92. The second kappa shape index (κ2) is 7.75. The third-order valence-corrected chi connectivity index (χ3v) is 4.18. The second-order valence-corrected chi connectivity index (χ2v) is 6.07. The fourth-order valence-corrected chi connectivity index (χ4v) is 2.85. The van der Waals surface area contributed by atoms with E-state index in [0.29, 0.717) is 16.1 Å². The summed E-state index contributed by atoms with van der Waals surface area (Å²) in [5.74, 6) is -2.96. The minimum Gasteiger partial charge on any atom is -0.497 e. The molecule has 0 saturated carbocycles. The summed E-state index contributed by atoms with van der Waals surface area (Å²) >= 11 is 3.27. The summed E-state index contributed by atoms with van der Waals surface area (Å²) in [6.45, 7) is -0.241.